The number of rotatable bonds is 62. The molecule has 0 aliphatic rings. The Balaban J connectivity index is 4.05. The molecule has 0 rings (SSSR count). The molecular weight excluding hydrogens is 1000 g/mol. The predicted octanol–water partition coefficient (Wildman–Crippen LogP) is 20.8. The molecule has 0 aromatic carbocycles. The van der Waals surface area contributed by atoms with E-state index in [0.717, 1.165) is 77.0 Å². The van der Waals surface area contributed by atoms with Gasteiger partial charge >= 0.3 is 11.9 Å². The highest BCUT2D eigenvalue weighted by atomic mass is 31.2. The van der Waals surface area contributed by atoms with Crippen molar-refractivity contribution >= 4 is 19.8 Å². The van der Waals surface area contributed by atoms with E-state index in [4.69, 9.17) is 18.5 Å². The summed E-state index contributed by atoms with van der Waals surface area (Å²) in [5, 5.41) is 0. The van der Waals surface area contributed by atoms with Crippen LogP contribution in [0.25, 0.3) is 0 Å². The summed E-state index contributed by atoms with van der Waals surface area (Å²) in [6, 6.07) is 0. The van der Waals surface area contributed by atoms with Gasteiger partial charge in [0.05, 0.1) is 27.7 Å². The van der Waals surface area contributed by atoms with Crippen LogP contribution < -0.4 is 4.89 Å². The maximum absolute atomic E-state index is 12.8. The normalized spacial score (nSPS) is 13.5. The van der Waals surface area contributed by atoms with E-state index in [0.29, 0.717) is 17.4 Å². The van der Waals surface area contributed by atoms with Crippen LogP contribution in [-0.2, 0) is 32.7 Å². The maximum atomic E-state index is 12.8. The van der Waals surface area contributed by atoms with E-state index in [-0.39, 0.29) is 32.0 Å². The van der Waals surface area contributed by atoms with E-state index >= 15 is 0 Å². The summed E-state index contributed by atoms with van der Waals surface area (Å²) in [4.78, 5) is 38.0. The molecule has 0 bridgehead atoms. The average Bonchev–Trinajstić information content (AvgIpc) is 3.41. The third-order valence-corrected chi connectivity index (χ3v) is 15.8. The van der Waals surface area contributed by atoms with Gasteiger partial charge in [0.2, 0.25) is 0 Å². The number of phosphoric ester groups is 1. The number of likely N-dealkylation sites (N-methyl/N-ethyl adjacent to an activating group) is 1. The highest BCUT2D eigenvalue weighted by Gasteiger charge is 2.22. The number of carbonyl (C=O) groups is 2. The maximum Gasteiger partial charge on any atom is 0.306 e. The summed E-state index contributed by atoms with van der Waals surface area (Å²) >= 11 is 0. The van der Waals surface area contributed by atoms with Crippen molar-refractivity contribution in [3.63, 3.8) is 0 Å². The van der Waals surface area contributed by atoms with E-state index in [2.05, 4.69) is 74.6 Å². The van der Waals surface area contributed by atoms with Crippen molar-refractivity contribution in [2.45, 2.75) is 322 Å². The van der Waals surface area contributed by atoms with Crippen LogP contribution in [0.1, 0.15) is 316 Å². The number of carbonyl (C=O) groups excluding carboxylic acids is 2. The molecule has 9 nitrogen and oxygen atoms in total. The molecule has 2 atom stereocenters. The third kappa shape index (κ3) is 64.7. The topological polar surface area (TPSA) is 111 Å². The molecule has 0 N–H and O–H groups in total. The van der Waals surface area contributed by atoms with Gasteiger partial charge in [0.25, 0.3) is 7.82 Å². The third-order valence-electron chi connectivity index (χ3n) is 14.8. The Morgan fingerprint density at radius 1 is 0.405 bits per heavy atom. The Labute approximate surface area is 489 Å². The molecule has 0 heterocycles. The van der Waals surface area contributed by atoms with Crippen molar-refractivity contribution in [1.82, 2.24) is 0 Å². The summed E-state index contributed by atoms with van der Waals surface area (Å²) in [5.74, 6) is -0.823. The Hall–Kier alpha value is -2.29. The van der Waals surface area contributed by atoms with Gasteiger partial charge in [0, 0.05) is 12.8 Å². The van der Waals surface area contributed by atoms with E-state index in [9.17, 15) is 19.0 Å². The Morgan fingerprint density at radius 2 is 0.722 bits per heavy atom. The Bertz CT molecular complexity index is 1520. The van der Waals surface area contributed by atoms with Gasteiger partial charge in [-0.3, -0.25) is 14.2 Å². The quantitative estimate of drug-likeness (QED) is 0.0195. The zero-order chi connectivity index (χ0) is 57.7. The largest absolute Gasteiger partial charge is 0.756 e. The first kappa shape index (κ1) is 76.7. The summed E-state index contributed by atoms with van der Waals surface area (Å²) in [7, 11) is 1.17. The SMILES string of the molecule is CC/C=C\C/C=C\C/C=C\C/C=C\C/C=C\CCCCCCCCCCCCCC(=O)OC(COC(=O)CCCCCCCCCCCCCCCCCCCCCCCCCCCCCC)COP(=O)([O-])OCC[N+](C)(C)C. The molecule has 0 fully saturated rings. The van der Waals surface area contributed by atoms with Gasteiger partial charge in [-0.05, 0) is 57.8 Å². The van der Waals surface area contributed by atoms with Crippen molar-refractivity contribution in [2.24, 2.45) is 0 Å². The number of phosphoric acid groups is 1. The van der Waals surface area contributed by atoms with Gasteiger partial charge in [-0.15, -0.1) is 0 Å². The lowest BCUT2D eigenvalue weighted by atomic mass is 10.0. The van der Waals surface area contributed by atoms with E-state index in [1.54, 1.807) is 0 Å². The van der Waals surface area contributed by atoms with Gasteiger partial charge in [-0.1, -0.05) is 306 Å². The number of hydrogen-bond donors (Lipinski definition) is 0. The molecule has 79 heavy (non-hydrogen) atoms. The molecule has 0 aliphatic heterocycles. The molecule has 0 radical (unpaired) electrons. The van der Waals surface area contributed by atoms with E-state index in [1.165, 1.54) is 205 Å². The van der Waals surface area contributed by atoms with E-state index in [1.807, 2.05) is 21.1 Å². The lowest BCUT2D eigenvalue weighted by Crippen LogP contribution is -2.37. The molecule has 0 saturated heterocycles. The number of nitrogens with zero attached hydrogens (tertiary/aromatic N) is 1. The summed E-state index contributed by atoms with van der Waals surface area (Å²) in [5.41, 5.74) is 0. The lowest BCUT2D eigenvalue weighted by molar-refractivity contribution is -0.870. The molecule has 0 aromatic heterocycles. The fraction of sp³-hybridized carbons (Fsp3) is 0.826. The highest BCUT2D eigenvalue weighted by molar-refractivity contribution is 7.45. The standard InChI is InChI=1S/C69H128NO8P/c1-6-8-10-12-14-16-18-20-22-24-26-28-30-32-34-36-37-39-41-43-45-47-49-51-53-55-57-59-61-68(71)75-65-67(66-77-79(73,74)76-64-63-70(3,4)5)78-69(72)62-60-58-56-54-52-50-48-46-44-42-40-38-35-33-31-29-27-25-23-21-19-17-15-13-11-9-7-2/h9,11,15,17,21,23,27,29,33,35,67H,6-8,10,12-14,16,18-20,22,24-26,28,30-32,34,36-66H2,1-5H3/b11-9-,17-15-,23-21-,29-27-,35-33-. The summed E-state index contributed by atoms with van der Waals surface area (Å²) < 4.78 is 34.3. The fourth-order valence-corrected chi connectivity index (χ4v) is 10.4. The number of ether oxygens (including phenoxy) is 2. The van der Waals surface area contributed by atoms with Gasteiger partial charge in [0.15, 0.2) is 6.10 Å². The summed E-state index contributed by atoms with van der Waals surface area (Å²) in [6.07, 6.45) is 78.6. The van der Waals surface area contributed by atoms with Gasteiger partial charge in [0.1, 0.15) is 19.8 Å². The molecule has 0 spiro atoms. The first-order chi connectivity index (χ1) is 38.5. The molecule has 10 heteroatoms. The van der Waals surface area contributed by atoms with Crippen LogP contribution in [0.4, 0.5) is 0 Å². The number of quaternary nitrogens is 1. The molecule has 0 aromatic rings. The predicted molar refractivity (Wildman–Crippen MR) is 337 cm³/mol. The van der Waals surface area contributed by atoms with Gasteiger partial charge < -0.3 is 27.9 Å². The van der Waals surface area contributed by atoms with Crippen molar-refractivity contribution in [3.05, 3.63) is 60.8 Å². The lowest BCUT2D eigenvalue weighted by Gasteiger charge is -2.28. The number of esters is 2. The zero-order valence-electron chi connectivity index (χ0n) is 52.6. The second-order valence-electron chi connectivity index (χ2n) is 23.8. The minimum Gasteiger partial charge on any atom is -0.756 e. The zero-order valence-corrected chi connectivity index (χ0v) is 53.5. The van der Waals surface area contributed by atoms with Crippen molar-refractivity contribution in [2.75, 3.05) is 47.5 Å². The van der Waals surface area contributed by atoms with Crippen LogP contribution in [0.15, 0.2) is 60.8 Å². The van der Waals surface area contributed by atoms with Gasteiger partial charge in [-0.2, -0.15) is 0 Å². The second kappa shape index (κ2) is 60.3. The molecule has 0 amide bonds. The number of hydrogen-bond acceptors (Lipinski definition) is 8. The molecule has 0 saturated carbocycles. The highest BCUT2D eigenvalue weighted by Crippen LogP contribution is 2.38. The first-order valence-corrected chi connectivity index (χ1v) is 35.0. The molecule has 462 valence electrons. The minimum absolute atomic E-state index is 0.0314. The molecule has 2 unspecified atom stereocenters. The molecular formula is C69H128NO8P. The fourth-order valence-electron chi connectivity index (χ4n) is 9.69. The van der Waals surface area contributed by atoms with Gasteiger partial charge in [-0.25, -0.2) is 0 Å². The van der Waals surface area contributed by atoms with Crippen LogP contribution in [-0.4, -0.2) is 70.0 Å². The Morgan fingerprint density at radius 3 is 1.08 bits per heavy atom. The van der Waals surface area contributed by atoms with E-state index < -0.39 is 26.5 Å². The summed E-state index contributed by atoms with van der Waals surface area (Å²) in [6.45, 7) is 4.17. The minimum atomic E-state index is -4.64. The van der Waals surface area contributed by atoms with Crippen LogP contribution in [0, 0.1) is 0 Å². The van der Waals surface area contributed by atoms with Crippen molar-refractivity contribution < 1.29 is 42.1 Å². The van der Waals surface area contributed by atoms with Crippen LogP contribution in [0.2, 0.25) is 0 Å². The van der Waals surface area contributed by atoms with Crippen molar-refractivity contribution in [1.29, 1.82) is 0 Å². The first-order valence-electron chi connectivity index (χ1n) is 33.5. The van der Waals surface area contributed by atoms with Crippen LogP contribution in [0.3, 0.4) is 0 Å². The van der Waals surface area contributed by atoms with Crippen molar-refractivity contribution in [3.8, 4) is 0 Å². The monoisotopic (exact) mass is 1130 g/mol. The molecule has 0 aliphatic carbocycles. The Kier molecular flexibility index (Phi) is 58.6. The number of unbranched alkanes of at least 4 members (excludes halogenated alkanes) is 38. The van der Waals surface area contributed by atoms with Crippen LogP contribution >= 0.6 is 7.82 Å². The average molecular weight is 1130 g/mol. The second-order valence-corrected chi connectivity index (χ2v) is 25.2. The number of allylic oxidation sites excluding steroid dienone is 10. The smallest absolute Gasteiger partial charge is 0.306 e. The van der Waals surface area contributed by atoms with Crippen LogP contribution in [0.5, 0.6) is 0 Å².